The van der Waals surface area contributed by atoms with Crippen molar-refractivity contribution in [2.45, 2.75) is 6.92 Å². The number of fused-ring (bicyclic) bond motifs is 1. The molecule has 2 heterocycles. The van der Waals surface area contributed by atoms with Crippen LogP contribution < -0.4 is 5.32 Å². The van der Waals surface area contributed by atoms with Gasteiger partial charge in [-0.3, -0.25) is 4.79 Å². The van der Waals surface area contributed by atoms with E-state index < -0.39 is 0 Å². The normalized spacial score (nSPS) is 11.0. The van der Waals surface area contributed by atoms with Gasteiger partial charge in [-0.25, -0.2) is 9.97 Å². The first-order chi connectivity index (χ1) is 12.1. The Hall–Kier alpha value is -3.41. The second-order valence-electron chi connectivity index (χ2n) is 5.90. The van der Waals surface area contributed by atoms with Crippen LogP contribution >= 0.6 is 0 Å². The van der Waals surface area contributed by atoms with E-state index >= 15 is 0 Å². The lowest BCUT2D eigenvalue weighted by Crippen LogP contribution is -2.12. The molecule has 0 saturated heterocycles. The third-order valence-corrected chi connectivity index (χ3v) is 4.27. The number of carbonyl (C=O) groups excluding carboxylic acids is 1. The molecule has 1 amide bonds. The van der Waals surface area contributed by atoms with Gasteiger partial charge in [0.1, 0.15) is 5.82 Å². The van der Waals surface area contributed by atoms with Gasteiger partial charge in [0.15, 0.2) is 0 Å². The van der Waals surface area contributed by atoms with Gasteiger partial charge in [-0.2, -0.15) is 0 Å². The van der Waals surface area contributed by atoms with Crippen LogP contribution in [0.25, 0.3) is 16.7 Å². The number of anilines is 1. The Morgan fingerprint density at radius 1 is 1.16 bits per heavy atom. The second-order valence-corrected chi connectivity index (χ2v) is 5.90. The number of aromatic nitrogens is 4. The van der Waals surface area contributed by atoms with Crippen molar-refractivity contribution in [2.24, 2.45) is 7.05 Å². The van der Waals surface area contributed by atoms with Crippen molar-refractivity contribution in [3.8, 4) is 5.69 Å². The average molecular weight is 331 g/mol. The standard InChI is InChI=1S/C19H17N5O/c1-13-21-17-10-14(6-7-18(17)23(13)2)19(25)22-15-4-3-5-16(11-15)24-9-8-20-12-24/h3-12H,1-2H3,(H,22,25). The number of nitrogens with zero attached hydrogens (tertiary/aromatic N) is 4. The van der Waals surface area contributed by atoms with Crippen LogP contribution in [0, 0.1) is 6.92 Å². The van der Waals surface area contributed by atoms with Gasteiger partial charge in [0.25, 0.3) is 5.91 Å². The lowest BCUT2D eigenvalue weighted by Gasteiger charge is -2.08. The van der Waals surface area contributed by atoms with Gasteiger partial charge in [0.2, 0.25) is 0 Å². The molecule has 25 heavy (non-hydrogen) atoms. The molecule has 6 nitrogen and oxygen atoms in total. The quantitative estimate of drug-likeness (QED) is 0.626. The topological polar surface area (TPSA) is 64.7 Å². The van der Waals surface area contributed by atoms with Crippen LogP contribution in [0.15, 0.2) is 61.2 Å². The van der Waals surface area contributed by atoms with Crippen molar-refractivity contribution < 1.29 is 4.79 Å². The number of hydrogen-bond acceptors (Lipinski definition) is 3. The Morgan fingerprint density at radius 3 is 2.84 bits per heavy atom. The number of hydrogen-bond donors (Lipinski definition) is 1. The second kappa shape index (κ2) is 5.90. The van der Waals surface area contributed by atoms with Crippen molar-refractivity contribution in [1.29, 1.82) is 0 Å². The smallest absolute Gasteiger partial charge is 0.255 e. The third-order valence-electron chi connectivity index (χ3n) is 4.27. The van der Waals surface area contributed by atoms with Gasteiger partial charge in [-0.15, -0.1) is 0 Å². The first kappa shape index (κ1) is 15.1. The van der Waals surface area contributed by atoms with Gasteiger partial charge in [0, 0.05) is 36.4 Å². The molecule has 2 aromatic carbocycles. The van der Waals surface area contributed by atoms with E-state index in [2.05, 4.69) is 15.3 Å². The van der Waals surface area contributed by atoms with Crippen LogP contribution in [-0.4, -0.2) is 25.0 Å². The number of carbonyl (C=O) groups is 1. The van der Waals surface area contributed by atoms with E-state index in [1.165, 1.54) is 0 Å². The molecule has 0 fully saturated rings. The van der Waals surface area contributed by atoms with Crippen LogP contribution in [0.1, 0.15) is 16.2 Å². The van der Waals surface area contributed by atoms with Crippen molar-refractivity contribution >= 4 is 22.6 Å². The largest absolute Gasteiger partial charge is 0.331 e. The van der Waals surface area contributed by atoms with Crippen molar-refractivity contribution in [3.05, 3.63) is 72.6 Å². The molecule has 6 heteroatoms. The Bertz CT molecular complexity index is 1060. The first-order valence-electron chi connectivity index (χ1n) is 7.94. The van der Waals surface area contributed by atoms with E-state index in [9.17, 15) is 4.79 Å². The Balaban J connectivity index is 1.61. The summed E-state index contributed by atoms with van der Waals surface area (Å²) in [4.78, 5) is 21.1. The van der Waals surface area contributed by atoms with Gasteiger partial charge in [0.05, 0.1) is 17.4 Å². The number of aryl methyl sites for hydroxylation is 2. The van der Waals surface area contributed by atoms with Crippen molar-refractivity contribution in [3.63, 3.8) is 0 Å². The minimum absolute atomic E-state index is 0.159. The minimum Gasteiger partial charge on any atom is -0.331 e. The van der Waals surface area contributed by atoms with Crippen LogP contribution in [0.2, 0.25) is 0 Å². The monoisotopic (exact) mass is 331 g/mol. The highest BCUT2D eigenvalue weighted by atomic mass is 16.1. The molecule has 1 N–H and O–H groups in total. The highest BCUT2D eigenvalue weighted by Crippen LogP contribution is 2.19. The van der Waals surface area contributed by atoms with E-state index in [1.807, 2.05) is 71.8 Å². The fraction of sp³-hybridized carbons (Fsp3) is 0.105. The van der Waals surface area contributed by atoms with E-state index in [1.54, 1.807) is 12.5 Å². The molecule has 0 aliphatic rings. The highest BCUT2D eigenvalue weighted by molar-refractivity contribution is 6.06. The maximum Gasteiger partial charge on any atom is 0.255 e. The Morgan fingerprint density at radius 2 is 2.04 bits per heavy atom. The van der Waals surface area contributed by atoms with Gasteiger partial charge in [-0.1, -0.05) is 6.07 Å². The summed E-state index contributed by atoms with van der Waals surface area (Å²) < 4.78 is 3.89. The Kier molecular flexibility index (Phi) is 3.57. The molecule has 0 bridgehead atoms. The van der Waals surface area contributed by atoms with Gasteiger partial charge < -0.3 is 14.5 Å². The first-order valence-corrected chi connectivity index (χ1v) is 7.94. The predicted molar refractivity (Wildman–Crippen MR) is 97.0 cm³/mol. The zero-order chi connectivity index (χ0) is 17.4. The number of amides is 1. The molecular formula is C19H17N5O. The molecule has 0 unspecified atom stereocenters. The van der Waals surface area contributed by atoms with Crippen LogP contribution in [0.4, 0.5) is 5.69 Å². The fourth-order valence-corrected chi connectivity index (χ4v) is 2.82. The molecule has 2 aromatic heterocycles. The van der Waals surface area contributed by atoms with Crippen molar-refractivity contribution in [2.75, 3.05) is 5.32 Å². The van der Waals surface area contributed by atoms with Crippen LogP contribution in [0.5, 0.6) is 0 Å². The molecule has 0 aliphatic heterocycles. The predicted octanol–water partition coefficient (Wildman–Crippen LogP) is 3.32. The molecule has 124 valence electrons. The molecule has 4 rings (SSSR count). The van der Waals surface area contributed by atoms with Crippen LogP contribution in [0.3, 0.4) is 0 Å². The highest BCUT2D eigenvalue weighted by Gasteiger charge is 2.10. The summed E-state index contributed by atoms with van der Waals surface area (Å²) in [5, 5.41) is 2.94. The van der Waals surface area contributed by atoms with Crippen molar-refractivity contribution in [1.82, 2.24) is 19.1 Å². The lowest BCUT2D eigenvalue weighted by molar-refractivity contribution is 0.102. The summed E-state index contributed by atoms with van der Waals surface area (Å²) in [7, 11) is 1.96. The fourth-order valence-electron chi connectivity index (χ4n) is 2.82. The third kappa shape index (κ3) is 2.78. The zero-order valence-corrected chi connectivity index (χ0v) is 14.0. The van der Waals surface area contributed by atoms with E-state index in [0.29, 0.717) is 5.56 Å². The summed E-state index contributed by atoms with van der Waals surface area (Å²) in [6.45, 7) is 1.95. The minimum atomic E-state index is -0.159. The average Bonchev–Trinajstić information content (AvgIpc) is 3.24. The summed E-state index contributed by atoms with van der Waals surface area (Å²) in [5.74, 6) is 0.758. The molecule has 0 saturated carbocycles. The maximum absolute atomic E-state index is 12.6. The van der Waals surface area contributed by atoms with Crippen LogP contribution in [-0.2, 0) is 7.05 Å². The molecule has 0 atom stereocenters. The molecule has 0 spiro atoms. The summed E-state index contributed by atoms with van der Waals surface area (Å²) in [6.07, 6.45) is 5.30. The van der Waals surface area contributed by atoms with E-state index in [-0.39, 0.29) is 5.91 Å². The molecular weight excluding hydrogens is 314 g/mol. The Labute approximate surface area is 144 Å². The number of benzene rings is 2. The van der Waals surface area contributed by atoms with Gasteiger partial charge in [-0.05, 0) is 43.3 Å². The zero-order valence-electron chi connectivity index (χ0n) is 14.0. The number of rotatable bonds is 3. The summed E-state index contributed by atoms with van der Waals surface area (Å²) in [5.41, 5.74) is 4.08. The summed E-state index contributed by atoms with van der Waals surface area (Å²) >= 11 is 0. The molecule has 4 aromatic rings. The number of imidazole rings is 2. The van der Waals surface area contributed by atoms with E-state index in [4.69, 9.17) is 0 Å². The maximum atomic E-state index is 12.6. The SMILES string of the molecule is Cc1nc2cc(C(=O)Nc3cccc(-n4ccnc4)c3)ccc2n1C. The lowest BCUT2D eigenvalue weighted by atomic mass is 10.1. The van der Waals surface area contributed by atoms with E-state index in [0.717, 1.165) is 28.2 Å². The molecule has 0 radical (unpaired) electrons. The number of nitrogens with one attached hydrogen (secondary N) is 1. The molecule has 0 aliphatic carbocycles. The summed E-state index contributed by atoms with van der Waals surface area (Å²) in [6, 6.07) is 13.2. The van der Waals surface area contributed by atoms with Gasteiger partial charge >= 0.3 is 0 Å².